The summed E-state index contributed by atoms with van der Waals surface area (Å²) in [6.07, 6.45) is 0. The van der Waals surface area contributed by atoms with Crippen LogP contribution in [0.15, 0.2) is 34.8 Å². The number of amides is 2. The molecule has 0 unspecified atom stereocenters. The van der Waals surface area contributed by atoms with Crippen LogP contribution in [0.3, 0.4) is 0 Å². The number of carbonyl (C=O) groups is 2. The molecular formula is C18H17BrCl2N2O4. The molecule has 6 nitrogen and oxygen atoms in total. The van der Waals surface area contributed by atoms with Gasteiger partial charge in [-0.25, -0.2) is 0 Å². The average Bonchev–Trinajstić information content (AvgIpc) is 2.64. The van der Waals surface area contributed by atoms with Crippen LogP contribution in [0.5, 0.6) is 11.5 Å². The molecular weight excluding hydrogens is 459 g/mol. The van der Waals surface area contributed by atoms with Crippen molar-refractivity contribution in [1.29, 1.82) is 0 Å². The third-order valence-corrected chi connectivity index (χ3v) is 4.96. The molecule has 0 atom stereocenters. The monoisotopic (exact) mass is 474 g/mol. The zero-order valence-corrected chi connectivity index (χ0v) is 17.7. The van der Waals surface area contributed by atoms with Crippen LogP contribution in [0.4, 0.5) is 5.69 Å². The van der Waals surface area contributed by atoms with E-state index in [9.17, 15) is 14.7 Å². The standard InChI is InChI=1S/C18H17BrCl2N2O4/c1-3-23(9-15(24)22-16-12(20)5-4-6-13(16)21)18(26)10-7-11(19)17(25)14(8-10)27-2/h4-8,25H,3,9H2,1-2H3,(H,22,24). The molecule has 2 N–H and O–H groups in total. The molecule has 144 valence electrons. The number of phenolic OH excluding ortho intramolecular Hbond substituents is 1. The van der Waals surface area contributed by atoms with Crippen molar-refractivity contribution in [2.24, 2.45) is 0 Å². The van der Waals surface area contributed by atoms with Crippen LogP contribution in [0.2, 0.25) is 10.0 Å². The first-order valence-electron chi connectivity index (χ1n) is 7.88. The minimum absolute atomic E-state index is 0.108. The predicted octanol–water partition coefficient (Wildman–Crippen LogP) is 4.57. The van der Waals surface area contributed by atoms with Gasteiger partial charge in [-0.1, -0.05) is 29.3 Å². The summed E-state index contributed by atoms with van der Waals surface area (Å²) in [6, 6.07) is 7.75. The summed E-state index contributed by atoms with van der Waals surface area (Å²) in [5, 5.41) is 13.1. The third kappa shape index (κ3) is 5.06. The number of ether oxygens (including phenoxy) is 1. The fourth-order valence-electron chi connectivity index (χ4n) is 2.33. The molecule has 0 heterocycles. The highest BCUT2D eigenvalue weighted by atomic mass is 79.9. The first-order valence-corrected chi connectivity index (χ1v) is 9.43. The van der Waals surface area contributed by atoms with Gasteiger partial charge in [-0.15, -0.1) is 0 Å². The SMILES string of the molecule is CCN(CC(=O)Nc1c(Cl)cccc1Cl)C(=O)c1cc(Br)c(O)c(OC)c1. The van der Waals surface area contributed by atoms with Crippen LogP contribution in [-0.4, -0.2) is 42.0 Å². The summed E-state index contributed by atoms with van der Waals surface area (Å²) in [5.74, 6) is -0.791. The van der Waals surface area contributed by atoms with E-state index in [1.54, 1.807) is 25.1 Å². The maximum absolute atomic E-state index is 12.8. The summed E-state index contributed by atoms with van der Waals surface area (Å²) in [4.78, 5) is 26.5. The number of hydrogen-bond acceptors (Lipinski definition) is 4. The molecule has 0 saturated heterocycles. The van der Waals surface area contributed by atoms with Gasteiger partial charge in [0.2, 0.25) is 5.91 Å². The van der Waals surface area contributed by atoms with E-state index >= 15 is 0 Å². The van der Waals surface area contributed by atoms with E-state index in [2.05, 4.69) is 21.2 Å². The van der Waals surface area contributed by atoms with E-state index in [1.807, 2.05) is 0 Å². The number of nitrogens with zero attached hydrogens (tertiary/aromatic N) is 1. The van der Waals surface area contributed by atoms with E-state index < -0.39 is 11.8 Å². The van der Waals surface area contributed by atoms with E-state index in [0.717, 1.165) is 0 Å². The second-order valence-corrected chi connectivity index (χ2v) is 7.14. The summed E-state index contributed by atoms with van der Waals surface area (Å²) in [7, 11) is 1.38. The molecule has 0 aromatic heterocycles. The van der Waals surface area contributed by atoms with E-state index in [1.165, 1.54) is 24.1 Å². The van der Waals surface area contributed by atoms with E-state index in [-0.39, 0.29) is 23.6 Å². The molecule has 2 aromatic rings. The van der Waals surface area contributed by atoms with Gasteiger partial charge in [0, 0.05) is 12.1 Å². The van der Waals surface area contributed by atoms with Crippen molar-refractivity contribution in [3.8, 4) is 11.5 Å². The van der Waals surface area contributed by atoms with Gasteiger partial charge < -0.3 is 20.1 Å². The Labute approximate surface area is 175 Å². The van der Waals surface area contributed by atoms with E-state index in [4.69, 9.17) is 27.9 Å². The topological polar surface area (TPSA) is 78.9 Å². The van der Waals surface area contributed by atoms with Gasteiger partial charge in [0.25, 0.3) is 5.91 Å². The number of carbonyl (C=O) groups excluding carboxylic acids is 2. The molecule has 0 saturated carbocycles. The summed E-state index contributed by atoms with van der Waals surface area (Å²) in [6.45, 7) is 1.85. The van der Waals surface area contributed by atoms with Crippen LogP contribution >= 0.6 is 39.1 Å². The van der Waals surface area contributed by atoms with Gasteiger partial charge in [-0.3, -0.25) is 9.59 Å². The van der Waals surface area contributed by atoms with Crippen molar-refractivity contribution in [2.45, 2.75) is 6.92 Å². The molecule has 0 radical (unpaired) electrons. The zero-order valence-electron chi connectivity index (χ0n) is 14.6. The summed E-state index contributed by atoms with van der Waals surface area (Å²) in [5.41, 5.74) is 0.560. The van der Waals surface area contributed by atoms with Crippen molar-refractivity contribution in [3.63, 3.8) is 0 Å². The highest BCUT2D eigenvalue weighted by molar-refractivity contribution is 9.10. The Morgan fingerprint density at radius 3 is 2.44 bits per heavy atom. The maximum Gasteiger partial charge on any atom is 0.254 e. The van der Waals surface area contributed by atoms with Crippen LogP contribution in [0.1, 0.15) is 17.3 Å². The molecule has 2 rings (SSSR count). The first kappa shape index (κ1) is 21.3. The van der Waals surface area contributed by atoms with Crippen molar-refractivity contribution in [2.75, 3.05) is 25.5 Å². The Bertz CT molecular complexity index is 856. The summed E-state index contributed by atoms with van der Waals surface area (Å²) < 4.78 is 5.37. The van der Waals surface area contributed by atoms with Gasteiger partial charge >= 0.3 is 0 Å². The molecule has 0 aliphatic rings. The number of likely N-dealkylation sites (N-methyl/N-ethyl adjacent to an activating group) is 1. The van der Waals surface area contributed by atoms with Crippen LogP contribution in [0, 0.1) is 0 Å². The van der Waals surface area contributed by atoms with Gasteiger partial charge in [0.05, 0.1) is 27.3 Å². The van der Waals surface area contributed by atoms with Crippen molar-refractivity contribution < 1.29 is 19.4 Å². The van der Waals surface area contributed by atoms with E-state index in [0.29, 0.717) is 26.8 Å². The molecule has 0 aliphatic carbocycles. The fraction of sp³-hybridized carbons (Fsp3) is 0.222. The van der Waals surface area contributed by atoms with Gasteiger partial charge in [-0.05, 0) is 47.1 Å². The second kappa shape index (κ2) is 9.30. The van der Waals surface area contributed by atoms with Crippen LogP contribution in [-0.2, 0) is 4.79 Å². The van der Waals surface area contributed by atoms with Gasteiger partial charge in [0.1, 0.15) is 6.54 Å². The Kier molecular flexibility index (Phi) is 7.35. The largest absolute Gasteiger partial charge is 0.503 e. The Hall–Kier alpha value is -1.96. The quantitative estimate of drug-likeness (QED) is 0.641. The molecule has 0 bridgehead atoms. The first-order chi connectivity index (χ1) is 12.8. The van der Waals surface area contributed by atoms with Gasteiger partial charge in [-0.2, -0.15) is 0 Å². The van der Waals surface area contributed by atoms with Gasteiger partial charge in [0.15, 0.2) is 11.5 Å². The zero-order chi connectivity index (χ0) is 20.1. The molecule has 0 aliphatic heterocycles. The lowest BCUT2D eigenvalue weighted by molar-refractivity contribution is -0.116. The Morgan fingerprint density at radius 2 is 1.89 bits per heavy atom. The lowest BCUT2D eigenvalue weighted by atomic mass is 10.1. The number of benzene rings is 2. The fourth-order valence-corrected chi connectivity index (χ4v) is 3.27. The van der Waals surface area contributed by atoms with Crippen molar-refractivity contribution in [3.05, 3.63) is 50.4 Å². The number of methoxy groups -OCH3 is 1. The number of rotatable bonds is 6. The minimum atomic E-state index is -0.440. The lowest BCUT2D eigenvalue weighted by Crippen LogP contribution is -2.38. The Balaban J connectivity index is 2.18. The highest BCUT2D eigenvalue weighted by Gasteiger charge is 2.21. The average molecular weight is 476 g/mol. The van der Waals surface area contributed by atoms with Crippen molar-refractivity contribution >= 4 is 56.6 Å². The van der Waals surface area contributed by atoms with Crippen molar-refractivity contribution in [1.82, 2.24) is 4.90 Å². The normalized spacial score (nSPS) is 10.4. The third-order valence-electron chi connectivity index (χ3n) is 3.73. The molecule has 2 aromatic carbocycles. The second-order valence-electron chi connectivity index (χ2n) is 5.47. The number of anilines is 1. The minimum Gasteiger partial charge on any atom is -0.503 e. The number of nitrogens with one attached hydrogen (secondary N) is 1. The maximum atomic E-state index is 12.8. The van der Waals surface area contributed by atoms with Crippen LogP contribution < -0.4 is 10.1 Å². The predicted molar refractivity (Wildman–Crippen MR) is 109 cm³/mol. The Morgan fingerprint density at radius 1 is 1.26 bits per heavy atom. The number of halogens is 3. The highest BCUT2D eigenvalue weighted by Crippen LogP contribution is 2.35. The number of para-hydroxylation sites is 1. The molecule has 27 heavy (non-hydrogen) atoms. The number of phenols is 1. The lowest BCUT2D eigenvalue weighted by Gasteiger charge is -2.21. The molecule has 2 amide bonds. The number of aromatic hydroxyl groups is 1. The summed E-state index contributed by atoms with van der Waals surface area (Å²) >= 11 is 15.3. The molecule has 0 spiro atoms. The number of hydrogen-bond donors (Lipinski definition) is 2. The molecule has 0 fully saturated rings. The van der Waals surface area contributed by atoms with Crippen LogP contribution in [0.25, 0.3) is 0 Å². The molecule has 9 heteroatoms. The smallest absolute Gasteiger partial charge is 0.254 e.